The molecule has 0 aliphatic carbocycles. The van der Waals surface area contributed by atoms with Crippen LogP contribution in [0.5, 0.6) is 0 Å². The van der Waals surface area contributed by atoms with Gasteiger partial charge >= 0.3 is 12.1 Å². The van der Waals surface area contributed by atoms with Crippen molar-refractivity contribution in [2.24, 2.45) is 0 Å². The molecule has 3 rings (SSSR count). The third-order valence-corrected chi connectivity index (χ3v) is 5.13. The molecule has 0 aliphatic rings. The number of methoxy groups -OCH3 is 1. The third-order valence-electron chi connectivity index (χ3n) is 3.93. The molecule has 0 spiro atoms. The Morgan fingerprint density at radius 2 is 2.07 bits per heavy atom. The molecule has 28 heavy (non-hydrogen) atoms. The number of aryl methyl sites for hydroxylation is 1. The largest absolute Gasteiger partial charge is 0.465 e. The Kier molecular flexibility index (Phi) is 5.32. The smallest absolute Gasteiger partial charge is 0.406 e. The fourth-order valence-corrected chi connectivity index (χ4v) is 3.62. The summed E-state index contributed by atoms with van der Waals surface area (Å²) in [5.41, 5.74) is 0.897. The maximum Gasteiger partial charge on any atom is 0.406 e. The number of halogens is 3. The topological polar surface area (TPSA) is 74.1 Å². The Balaban J connectivity index is 1.86. The molecule has 0 saturated heterocycles. The predicted molar refractivity (Wildman–Crippen MR) is 97.3 cm³/mol. The van der Waals surface area contributed by atoms with Crippen molar-refractivity contribution in [1.29, 1.82) is 0 Å². The molecule has 0 amide bonds. The molecule has 0 radical (unpaired) electrons. The first-order valence-electron chi connectivity index (χ1n) is 7.97. The number of fused-ring (bicyclic) bond motifs is 1. The highest BCUT2D eigenvalue weighted by Crippen LogP contribution is 2.30. The van der Waals surface area contributed by atoms with Crippen molar-refractivity contribution in [1.82, 2.24) is 14.5 Å². The minimum Gasteiger partial charge on any atom is -0.465 e. The predicted octanol–water partition coefficient (Wildman–Crippen LogP) is 4.05. The summed E-state index contributed by atoms with van der Waals surface area (Å²) in [6.45, 7) is 0.531. The number of ketones is 1. The summed E-state index contributed by atoms with van der Waals surface area (Å²) in [5, 5.41) is 0.642. The lowest BCUT2D eigenvalue weighted by Gasteiger charge is -2.08. The maximum absolute atomic E-state index is 12.6. The number of carbonyl (C=O) groups is 2. The maximum atomic E-state index is 12.6. The average molecular weight is 409 g/mol. The molecule has 0 unspecified atom stereocenters. The van der Waals surface area contributed by atoms with Gasteiger partial charge in [0.05, 0.1) is 7.11 Å². The number of carbonyl (C=O) groups excluding carboxylic acids is 2. The molecule has 0 aliphatic heterocycles. The van der Waals surface area contributed by atoms with Gasteiger partial charge in [0.25, 0.3) is 0 Å². The summed E-state index contributed by atoms with van der Waals surface area (Å²) in [7, 11) is 1.28. The molecule has 0 aromatic carbocycles. The number of esters is 1. The van der Waals surface area contributed by atoms with E-state index in [9.17, 15) is 22.8 Å². The number of ether oxygens (including phenoxy) is 1. The standard InChI is InChI=1S/C18H14F3N3O3S/c1-10-12-7-11(8-23-16(12)28-15(10)17(26)27-2)13(25)3-4-14-22-5-6-24(14)9-18(19,20)21/h3-8H,9H2,1-2H3/b4-3+. The second kappa shape index (κ2) is 7.55. The lowest BCUT2D eigenvalue weighted by molar-refractivity contribution is -0.140. The molecule has 3 heterocycles. The van der Waals surface area contributed by atoms with Crippen LogP contribution in [0.4, 0.5) is 13.2 Å². The Morgan fingerprint density at radius 3 is 2.75 bits per heavy atom. The number of allylic oxidation sites excluding steroid dienone is 1. The highest BCUT2D eigenvalue weighted by molar-refractivity contribution is 7.20. The minimum absolute atomic E-state index is 0.0133. The van der Waals surface area contributed by atoms with E-state index < -0.39 is 24.5 Å². The summed E-state index contributed by atoms with van der Waals surface area (Å²) in [6.07, 6.45) is 1.74. The van der Waals surface area contributed by atoms with Crippen LogP contribution in [0.1, 0.15) is 31.4 Å². The lowest BCUT2D eigenvalue weighted by Crippen LogP contribution is -2.18. The molecule has 146 valence electrons. The SMILES string of the molecule is COC(=O)c1sc2ncc(C(=O)/C=C/c3nccn3CC(F)(F)F)cc2c1C. The molecular formula is C18H14F3N3O3S. The van der Waals surface area contributed by atoms with E-state index in [1.165, 1.54) is 31.8 Å². The van der Waals surface area contributed by atoms with Crippen molar-refractivity contribution in [3.63, 3.8) is 0 Å². The van der Waals surface area contributed by atoms with Crippen LogP contribution in [0.25, 0.3) is 16.3 Å². The van der Waals surface area contributed by atoms with Gasteiger partial charge in [0.15, 0.2) is 5.78 Å². The van der Waals surface area contributed by atoms with E-state index in [0.29, 0.717) is 20.7 Å². The quantitative estimate of drug-likeness (QED) is 0.361. The van der Waals surface area contributed by atoms with Gasteiger partial charge in [-0.3, -0.25) is 4.79 Å². The van der Waals surface area contributed by atoms with Gasteiger partial charge in [0, 0.05) is 29.5 Å². The molecule has 6 nitrogen and oxygen atoms in total. The van der Waals surface area contributed by atoms with Crippen LogP contribution >= 0.6 is 11.3 Å². The number of imidazole rings is 1. The minimum atomic E-state index is -4.39. The van der Waals surface area contributed by atoms with Crippen LogP contribution in [-0.4, -0.2) is 39.6 Å². The molecule has 0 fully saturated rings. The van der Waals surface area contributed by atoms with Gasteiger partial charge < -0.3 is 9.30 Å². The van der Waals surface area contributed by atoms with E-state index in [0.717, 1.165) is 22.0 Å². The van der Waals surface area contributed by atoms with Gasteiger partial charge in [-0.05, 0) is 30.7 Å². The fourth-order valence-electron chi connectivity index (χ4n) is 2.57. The van der Waals surface area contributed by atoms with Gasteiger partial charge in [-0.2, -0.15) is 13.2 Å². The molecule has 0 saturated carbocycles. The van der Waals surface area contributed by atoms with Gasteiger partial charge in [0.1, 0.15) is 22.1 Å². The zero-order valence-corrected chi connectivity index (χ0v) is 15.6. The Bertz CT molecular complexity index is 1080. The number of aromatic nitrogens is 3. The normalized spacial score (nSPS) is 12.0. The number of hydrogen-bond acceptors (Lipinski definition) is 6. The zero-order valence-electron chi connectivity index (χ0n) is 14.8. The molecule has 3 aromatic rings. The molecule has 0 bridgehead atoms. The number of thiophene rings is 1. The van der Waals surface area contributed by atoms with E-state index in [1.807, 2.05) is 0 Å². The van der Waals surface area contributed by atoms with Crippen molar-refractivity contribution in [3.8, 4) is 0 Å². The van der Waals surface area contributed by atoms with Crippen LogP contribution in [0.15, 0.2) is 30.7 Å². The van der Waals surface area contributed by atoms with E-state index >= 15 is 0 Å². The van der Waals surface area contributed by atoms with E-state index in [4.69, 9.17) is 4.74 Å². The summed E-state index contributed by atoms with van der Waals surface area (Å²) in [6, 6.07) is 1.59. The van der Waals surface area contributed by atoms with Gasteiger partial charge in [-0.15, -0.1) is 11.3 Å². The highest BCUT2D eigenvalue weighted by Gasteiger charge is 2.28. The number of hydrogen-bond donors (Lipinski definition) is 0. The Labute approximate surface area is 161 Å². The third kappa shape index (κ3) is 4.11. The van der Waals surface area contributed by atoms with Crippen LogP contribution in [0.2, 0.25) is 0 Å². The number of nitrogens with zero attached hydrogens (tertiary/aromatic N) is 3. The second-order valence-corrected chi connectivity index (χ2v) is 6.85. The van der Waals surface area contributed by atoms with Crippen molar-refractivity contribution >= 4 is 39.4 Å². The van der Waals surface area contributed by atoms with Crippen molar-refractivity contribution in [3.05, 3.63) is 52.6 Å². The fraction of sp³-hybridized carbons (Fsp3) is 0.222. The zero-order chi connectivity index (χ0) is 20.5. The molecule has 0 atom stereocenters. The molecule has 0 N–H and O–H groups in total. The molecule has 10 heteroatoms. The number of pyridine rings is 1. The van der Waals surface area contributed by atoms with Crippen LogP contribution in [0, 0.1) is 6.92 Å². The van der Waals surface area contributed by atoms with Crippen LogP contribution < -0.4 is 0 Å². The summed E-state index contributed by atoms with van der Waals surface area (Å²) in [5.74, 6) is -0.912. The molecular weight excluding hydrogens is 395 g/mol. The number of rotatable bonds is 5. The Morgan fingerprint density at radius 1 is 1.32 bits per heavy atom. The van der Waals surface area contributed by atoms with Crippen molar-refractivity contribution < 1.29 is 27.5 Å². The van der Waals surface area contributed by atoms with Gasteiger partial charge in [-0.1, -0.05) is 0 Å². The summed E-state index contributed by atoms with van der Waals surface area (Å²) in [4.78, 5) is 33.2. The average Bonchev–Trinajstić information content (AvgIpc) is 3.21. The van der Waals surface area contributed by atoms with Gasteiger partial charge in [-0.25, -0.2) is 14.8 Å². The summed E-state index contributed by atoms with van der Waals surface area (Å²) < 4.78 is 43.3. The van der Waals surface area contributed by atoms with Crippen LogP contribution in [0.3, 0.4) is 0 Å². The first-order chi connectivity index (χ1) is 13.2. The van der Waals surface area contributed by atoms with E-state index in [-0.39, 0.29) is 11.4 Å². The van der Waals surface area contributed by atoms with Crippen molar-refractivity contribution in [2.45, 2.75) is 19.6 Å². The monoisotopic (exact) mass is 409 g/mol. The first kappa shape index (κ1) is 19.7. The summed E-state index contributed by atoms with van der Waals surface area (Å²) >= 11 is 1.16. The lowest BCUT2D eigenvalue weighted by atomic mass is 10.1. The van der Waals surface area contributed by atoms with E-state index in [1.54, 1.807) is 13.0 Å². The van der Waals surface area contributed by atoms with E-state index in [2.05, 4.69) is 9.97 Å². The van der Waals surface area contributed by atoms with Crippen molar-refractivity contribution in [2.75, 3.05) is 7.11 Å². The Hall–Kier alpha value is -3.01. The molecule has 3 aromatic heterocycles. The van der Waals surface area contributed by atoms with Crippen LogP contribution in [-0.2, 0) is 11.3 Å². The number of alkyl halides is 3. The van der Waals surface area contributed by atoms with Gasteiger partial charge in [0.2, 0.25) is 0 Å². The second-order valence-electron chi connectivity index (χ2n) is 5.85. The highest BCUT2D eigenvalue weighted by atomic mass is 32.1. The first-order valence-corrected chi connectivity index (χ1v) is 8.79.